The highest BCUT2D eigenvalue weighted by Gasteiger charge is 2.10. The van der Waals surface area contributed by atoms with Gasteiger partial charge in [0, 0.05) is 11.1 Å². The standard InChI is InChI=1S/C14H14O4/c15-9-17-13-7-3-1-5-11(13)12-6-2-4-8-14(12)18-10-16/h1-8,15-16H,9-10H2. The van der Waals surface area contributed by atoms with E-state index in [0.717, 1.165) is 11.1 Å². The maximum atomic E-state index is 8.87. The van der Waals surface area contributed by atoms with Crippen LogP contribution in [0.2, 0.25) is 0 Å². The second-order valence-corrected chi connectivity index (χ2v) is 3.54. The van der Waals surface area contributed by atoms with Crippen LogP contribution in [0.5, 0.6) is 11.5 Å². The first-order valence-electron chi connectivity index (χ1n) is 5.52. The maximum Gasteiger partial charge on any atom is 0.186 e. The number of hydrogen-bond donors (Lipinski definition) is 2. The molecule has 4 heteroatoms. The zero-order valence-electron chi connectivity index (χ0n) is 9.74. The minimum Gasteiger partial charge on any atom is -0.467 e. The van der Waals surface area contributed by atoms with Crippen LogP contribution in [0.15, 0.2) is 48.5 Å². The van der Waals surface area contributed by atoms with Crippen molar-refractivity contribution in [2.75, 3.05) is 13.6 Å². The van der Waals surface area contributed by atoms with Crippen molar-refractivity contribution in [1.29, 1.82) is 0 Å². The van der Waals surface area contributed by atoms with Crippen molar-refractivity contribution >= 4 is 0 Å². The van der Waals surface area contributed by atoms with E-state index in [-0.39, 0.29) is 13.6 Å². The minimum atomic E-state index is -0.389. The molecular formula is C14H14O4. The Labute approximate surface area is 105 Å². The molecule has 0 aliphatic heterocycles. The Morgan fingerprint density at radius 2 is 1.06 bits per heavy atom. The van der Waals surface area contributed by atoms with E-state index in [4.69, 9.17) is 19.7 Å². The van der Waals surface area contributed by atoms with Crippen molar-refractivity contribution in [2.24, 2.45) is 0 Å². The third kappa shape index (κ3) is 2.61. The molecule has 0 unspecified atom stereocenters. The van der Waals surface area contributed by atoms with Gasteiger partial charge in [0.25, 0.3) is 0 Å². The molecule has 18 heavy (non-hydrogen) atoms. The summed E-state index contributed by atoms with van der Waals surface area (Å²) in [4.78, 5) is 0. The lowest BCUT2D eigenvalue weighted by atomic mass is 10.0. The van der Waals surface area contributed by atoms with Crippen LogP contribution >= 0.6 is 0 Å². The van der Waals surface area contributed by atoms with Crippen molar-refractivity contribution < 1.29 is 19.7 Å². The molecule has 0 amide bonds. The van der Waals surface area contributed by atoms with Gasteiger partial charge in [0.05, 0.1) is 0 Å². The first-order chi connectivity index (χ1) is 8.86. The highest BCUT2D eigenvalue weighted by molar-refractivity contribution is 5.75. The Balaban J connectivity index is 2.47. The molecule has 2 N–H and O–H groups in total. The normalized spacial score (nSPS) is 10.1. The topological polar surface area (TPSA) is 58.9 Å². The monoisotopic (exact) mass is 246 g/mol. The van der Waals surface area contributed by atoms with Gasteiger partial charge in [-0.15, -0.1) is 0 Å². The smallest absolute Gasteiger partial charge is 0.186 e. The minimum absolute atomic E-state index is 0.389. The summed E-state index contributed by atoms with van der Waals surface area (Å²) < 4.78 is 10.3. The average Bonchev–Trinajstić information content (AvgIpc) is 2.41. The third-order valence-corrected chi connectivity index (χ3v) is 2.50. The number of rotatable bonds is 5. The summed E-state index contributed by atoms with van der Waals surface area (Å²) >= 11 is 0. The van der Waals surface area contributed by atoms with E-state index in [0.29, 0.717) is 11.5 Å². The number of para-hydroxylation sites is 2. The Hall–Kier alpha value is -2.04. The highest BCUT2D eigenvalue weighted by Crippen LogP contribution is 2.35. The largest absolute Gasteiger partial charge is 0.467 e. The van der Waals surface area contributed by atoms with Crippen LogP contribution in [-0.2, 0) is 0 Å². The predicted molar refractivity (Wildman–Crippen MR) is 67.3 cm³/mol. The van der Waals surface area contributed by atoms with Gasteiger partial charge in [0.2, 0.25) is 0 Å². The van der Waals surface area contributed by atoms with E-state index < -0.39 is 0 Å². The van der Waals surface area contributed by atoms with Crippen LogP contribution in [0.4, 0.5) is 0 Å². The van der Waals surface area contributed by atoms with Crippen molar-refractivity contribution in [3.8, 4) is 22.6 Å². The molecule has 0 fully saturated rings. The lowest BCUT2D eigenvalue weighted by molar-refractivity contribution is 0.0969. The van der Waals surface area contributed by atoms with Gasteiger partial charge in [-0.25, -0.2) is 0 Å². The molecule has 0 aromatic heterocycles. The van der Waals surface area contributed by atoms with Gasteiger partial charge in [-0.05, 0) is 12.1 Å². The van der Waals surface area contributed by atoms with Crippen LogP contribution in [0, 0.1) is 0 Å². The predicted octanol–water partition coefficient (Wildman–Crippen LogP) is 2.01. The Kier molecular flexibility index (Phi) is 4.17. The fourth-order valence-corrected chi connectivity index (χ4v) is 1.77. The van der Waals surface area contributed by atoms with Crippen LogP contribution in [-0.4, -0.2) is 23.8 Å². The van der Waals surface area contributed by atoms with Crippen molar-refractivity contribution in [3.63, 3.8) is 0 Å². The first-order valence-corrected chi connectivity index (χ1v) is 5.52. The third-order valence-electron chi connectivity index (χ3n) is 2.50. The SMILES string of the molecule is OCOc1ccccc1-c1ccccc1OCO. The van der Waals surface area contributed by atoms with E-state index in [9.17, 15) is 0 Å². The molecule has 0 spiro atoms. The lowest BCUT2D eigenvalue weighted by Crippen LogP contribution is -1.99. The van der Waals surface area contributed by atoms with Gasteiger partial charge in [-0.3, -0.25) is 0 Å². The summed E-state index contributed by atoms with van der Waals surface area (Å²) in [6.07, 6.45) is 0. The van der Waals surface area contributed by atoms with E-state index in [1.165, 1.54) is 0 Å². The van der Waals surface area contributed by atoms with Gasteiger partial charge in [-0.1, -0.05) is 36.4 Å². The summed E-state index contributed by atoms with van der Waals surface area (Å²) in [6.45, 7) is -0.778. The van der Waals surface area contributed by atoms with Crippen molar-refractivity contribution in [1.82, 2.24) is 0 Å². The molecule has 0 saturated carbocycles. The zero-order chi connectivity index (χ0) is 12.8. The summed E-state index contributed by atoms with van der Waals surface area (Å²) in [7, 11) is 0. The molecule has 0 aliphatic carbocycles. The number of hydrogen-bond acceptors (Lipinski definition) is 4. The van der Waals surface area contributed by atoms with E-state index in [1.54, 1.807) is 12.1 Å². The van der Waals surface area contributed by atoms with Crippen LogP contribution in [0.1, 0.15) is 0 Å². The lowest BCUT2D eigenvalue weighted by Gasteiger charge is -2.13. The van der Waals surface area contributed by atoms with Crippen molar-refractivity contribution in [3.05, 3.63) is 48.5 Å². The molecule has 2 rings (SSSR count). The van der Waals surface area contributed by atoms with Gasteiger partial charge < -0.3 is 19.7 Å². The van der Waals surface area contributed by atoms with E-state index in [2.05, 4.69) is 0 Å². The Morgan fingerprint density at radius 1 is 0.667 bits per heavy atom. The number of aliphatic hydroxyl groups is 2. The van der Waals surface area contributed by atoms with Crippen LogP contribution in [0.3, 0.4) is 0 Å². The zero-order valence-corrected chi connectivity index (χ0v) is 9.74. The summed E-state index contributed by atoms with van der Waals surface area (Å²) in [5.74, 6) is 1.13. The van der Waals surface area contributed by atoms with E-state index >= 15 is 0 Å². The molecule has 0 saturated heterocycles. The van der Waals surface area contributed by atoms with Crippen LogP contribution < -0.4 is 9.47 Å². The Morgan fingerprint density at radius 3 is 1.44 bits per heavy atom. The molecule has 0 aliphatic rings. The second kappa shape index (κ2) is 6.05. The fraction of sp³-hybridized carbons (Fsp3) is 0.143. The van der Waals surface area contributed by atoms with Crippen LogP contribution in [0.25, 0.3) is 11.1 Å². The average molecular weight is 246 g/mol. The molecule has 0 atom stereocenters. The summed E-state index contributed by atoms with van der Waals surface area (Å²) in [6, 6.07) is 14.6. The van der Waals surface area contributed by atoms with Crippen molar-refractivity contribution in [2.45, 2.75) is 0 Å². The second-order valence-electron chi connectivity index (χ2n) is 3.54. The summed E-state index contributed by atoms with van der Waals surface area (Å²) in [5.41, 5.74) is 1.60. The van der Waals surface area contributed by atoms with E-state index in [1.807, 2.05) is 36.4 Å². The highest BCUT2D eigenvalue weighted by atomic mass is 16.6. The molecule has 0 radical (unpaired) electrons. The molecule has 0 bridgehead atoms. The molecule has 94 valence electrons. The Bertz CT molecular complexity index is 463. The molecule has 2 aromatic rings. The van der Waals surface area contributed by atoms with Gasteiger partial charge in [-0.2, -0.15) is 0 Å². The number of ether oxygens (including phenoxy) is 2. The van der Waals surface area contributed by atoms with Gasteiger partial charge in [0.1, 0.15) is 11.5 Å². The number of benzene rings is 2. The molecule has 4 nitrogen and oxygen atoms in total. The fourth-order valence-electron chi connectivity index (χ4n) is 1.77. The van der Waals surface area contributed by atoms with Gasteiger partial charge in [0.15, 0.2) is 13.6 Å². The number of aliphatic hydroxyl groups excluding tert-OH is 2. The molecular weight excluding hydrogens is 232 g/mol. The quantitative estimate of drug-likeness (QED) is 0.792. The van der Waals surface area contributed by atoms with Gasteiger partial charge >= 0.3 is 0 Å². The molecule has 2 aromatic carbocycles. The summed E-state index contributed by atoms with van der Waals surface area (Å²) in [5, 5.41) is 17.7. The first kappa shape index (κ1) is 12.4. The molecule has 0 heterocycles. The maximum absolute atomic E-state index is 8.87.